The van der Waals surface area contributed by atoms with Crippen molar-refractivity contribution in [2.75, 3.05) is 26.0 Å². The lowest BCUT2D eigenvalue weighted by atomic mass is 10.0. The Kier molecular flexibility index (Phi) is 4.32. The van der Waals surface area contributed by atoms with Gasteiger partial charge in [-0.2, -0.15) is 9.28 Å². The number of nitrogens with one attached hydrogen (secondary N) is 1. The van der Waals surface area contributed by atoms with Crippen LogP contribution >= 0.6 is 0 Å². The van der Waals surface area contributed by atoms with Gasteiger partial charge in [0, 0.05) is 24.2 Å². The van der Waals surface area contributed by atoms with Crippen molar-refractivity contribution < 1.29 is 14.3 Å². The first-order valence-electron chi connectivity index (χ1n) is 7.25. The number of benzene rings is 1. The Hall–Kier alpha value is -1.88. The zero-order valence-electron chi connectivity index (χ0n) is 13.1. The number of fused-ring (bicyclic) bond motifs is 1. The highest BCUT2D eigenvalue weighted by molar-refractivity contribution is 5.94. The molecule has 0 bridgehead atoms. The highest BCUT2D eigenvalue weighted by atomic mass is 16.6. The molecular formula is C16H23N2O3+. The van der Waals surface area contributed by atoms with Crippen LogP contribution in [0.4, 0.5) is 16.2 Å². The predicted octanol–water partition coefficient (Wildman–Crippen LogP) is 2.93. The Morgan fingerprint density at radius 3 is 2.71 bits per heavy atom. The zero-order chi connectivity index (χ0) is 15.6. The molecule has 21 heavy (non-hydrogen) atoms. The third-order valence-electron chi connectivity index (χ3n) is 3.63. The summed E-state index contributed by atoms with van der Waals surface area (Å²) in [5.41, 5.74) is 2.76. The molecule has 1 N–H and O–H groups in total. The smallest absolute Gasteiger partial charge is 0.420 e. The minimum absolute atomic E-state index is 0.0357. The number of amides is 2. The second kappa shape index (κ2) is 5.85. The first-order valence-corrected chi connectivity index (χ1v) is 7.25. The van der Waals surface area contributed by atoms with Crippen molar-refractivity contribution in [1.29, 1.82) is 0 Å². The standard InChI is InChI=1S/C16H22N2O3/c1-11(2)10-21-16(20)18(3,4)13-6-7-14-12(9-13)5-8-15(19)17-14/h6-7,9,11H,5,8,10H2,1-4H3/p+1. The molecule has 1 aromatic rings. The van der Waals surface area contributed by atoms with E-state index in [9.17, 15) is 9.59 Å². The molecule has 0 aliphatic carbocycles. The van der Waals surface area contributed by atoms with Gasteiger partial charge in [0.25, 0.3) is 0 Å². The molecule has 1 heterocycles. The van der Waals surface area contributed by atoms with Crippen LogP contribution in [0.25, 0.3) is 0 Å². The molecule has 5 nitrogen and oxygen atoms in total. The Bertz CT molecular complexity index is 565. The molecule has 5 heteroatoms. The minimum atomic E-state index is -0.275. The summed E-state index contributed by atoms with van der Waals surface area (Å²) in [7, 11) is 3.62. The fourth-order valence-corrected chi connectivity index (χ4v) is 2.22. The van der Waals surface area contributed by atoms with Crippen molar-refractivity contribution in [2.24, 2.45) is 5.92 Å². The maximum Gasteiger partial charge on any atom is 0.520 e. The summed E-state index contributed by atoms with van der Waals surface area (Å²) in [6, 6.07) is 5.70. The van der Waals surface area contributed by atoms with E-state index >= 15 is 0 Å². The first-order chi connectivity index (χ1) is 9.80. The number of hydrogen-bond donors (Lipinski definition) is 1. The van der Waals surface area contributed by atoms with Crippen molar-refractivity contribution in [1.82, 2.24) is 4.48 Å². The second-order valence-electron chi connectivity index (χ2n) is 6.31. The number of ether oxygens (including phenoxy) is 1. The summed E-state index contributed by atoms with van der Waals surface area (Å²) in [5.74, 6) is 0.355. The van der Waals surface area contributed by atoms with Crippen LogP contribution in [0.1, 0.15) is 25.8 Å². The molecule has 0 radical (unpaired) electrons. The highest BCUT2D eigenvalue weighted by Gasteiger charge is 2.32. The Morgan fingerprint density at radius 1 is 1.33 bits per heavy atom. The maximum atomic E-state index is 12.3. The molecule has 0 atom stereocenters. The van der Waals surface area contributed by atoms with Crippen LogP contribution < -0.4 is 9.80 Å². The van der Waals surface area contributed by atoms with Gasteiger partial charge in [0.2, 0.25) is 5.91 Å². The Balaban J connectivity index is 2.20. The van der Waals surface area contributed by atoms with Gasteiger partial charge < -0.3 is 10.1 Å². The maximum absolute atomic E-state index is 12.3. The lowest BCUT2D eigenvalue weighted by molar-refractivity contribution is -0.116. The molecule has 0 unspecified atom stereocenters. The van der Waals surface area contributed by atoms with Gasteiger partial charge in [0.1, 0.15) is 5.69 Å². The number of nitrogens with zero attached hydrogens (tertiary/aromatic N) is 1. The van der Waals surface area contributed by atoms with E-state index < -0.39 is 0 Å². The summed E-state index contributed by atoms with van der Waals surface area (Å²) in [6.45, 7) is 4.44. The van der Waals surface area contributed by atoms with Gasteiger partial charge in [-0.05, 0) is 24.0 Å². The summed E-state index contributed by atoms with van der Waals surface area (Å²) in [4.78, 5) is 23.6. The Morgan fingerprint density at radius 2 is 2.05 bits per heavy atom. The number of anilines is 1. The van der Waals surface area contributed by atoms with Gasteiger partial charge in [0.15, 0.2) is 0 Å². The second-order valence-corrected chi connectivity index (χ2v) is 6.31. The fourth-order valence-electron chi connectivity index (χ4n) is 2.22. The number of carbonyl (C=O) groups excluding carboxylic acids is 2. The molecule has 0 fully saturated rings. The van der Waals surface area contributed by atoms with Gasteiger partial charge in [-0.25, -0.2) is 0 Å². The van der Waals surface area contributed by atoms with Crippen LogP contribution in [0.15, 0.2) is 18.2 Å². The largest absolute Gasteiger partial charge is 0.520 e. The average molecular weight is 291 g/mol. The van der Waals surface area contributed by atoms with E-state index in [0.29, 0.717) is 25.4 Å². The van der Waals surface area contributed by atoms with Crippen molar-refractivity contribution >= 4 is 23.4 Å². The van der Waals surface area contributed by atoms with Gasteiger partial charge >= 0.3 is 6.09 Å². The van der Waals surface area contributed by atoms with E-state index in [4.69, 9.17) is 4.74 Å². The topological polar surface area (TPSA) is 55.4 Å². The number of hydrogen-bond acceptors (Lipinski definition) is 3. The van der Waals surface area contributed by atoms with E-state index in [2.05, 4.69) is 5.32 Å². The molecule has 0 saturated carbocycles. The lowest BCUT2D eigenvalue weighted by Gasteiger charge is -2.27. The quantitative estimate of drug-likeness (QED) is 0.871. The van der Waals surface area contributed by atoms with Crippen molar-refractivity contribution in [2.45, 2.75) is 26.7 Å². The van der Waals surface area contributed by atoms with Gasteiger partial charge in [-0.15, -0.1) is 0 Å². The highest BCUT2D eigenvalue weighted by Crippen LogP contribution is 2.29. The van der Waals surface area contributed by atoms with Crippen LogP contribution in [0.2, 0.25) is 0 Å². The van der Waals surface area contributed by atoms with Crippen LogP contribution in [0.5, 0.6) is 0 Å². The number of rotatable bonds is 3. The third kappa shape index (κ3) is 3.42. The fraction of sp³-hybridized carbons (Fsp3) is 0.500. The predicted molar refractivity (Wildman–Crippen MR) is 83.2 cm³/mol. The van der Waals surface area contributed by atoms with E-state index in [1.54, 1.807) is 0 Å². The zero-order valence-corrected chi connectivity index (χ0v) is 13.1. The third-order valence-corrected chi connectivity index (χ3v) is 3.63. The molecule has 0 aromatic heterocycles. The lowest BCUT2D eigenvalue weighted by Crippen LogP contribution is -2.47. The molecule has 2 rings (SSSR count). The van der Waals surface area contributed by atoms with Crippen molar-refractivity contribution in [3.63, 3.8) is 0 Å². The van der Waals surface area contributed by atoms with Crippen LogP contribution in [-0.4, -0.2) is 32.7 Å². The summed E-state index contributed by atoms with van der Waals surface area (Å²) in [6.07, 6.45) is 0.918. The molecular weight excluding hydrogens is 268 g/mol. The van der Waals surface area contributed by atoms with Crippen LogP contribution in [0, 0.1) is 5.92 Å². The normalized spacial score (nSPS) is 14.6. The van der Waals surface area contributed by atoms with E-state index in [1.807, 2.05) is 46.1 Å². The molecule has 114 valence electrons. The molecule has 1 aliphatic rings. The van der Waals surface area contributed by atoms with Gasteiger partial charge in [-0.1, -0.05) is 13.8 Å². The van der Waals surface area contributed by atoms with Crippen molar-refractivity contribution in [3.8, 4) is 0 Å². The van der Waals surface area contributed by atoms with E-state index in [-0.39, 0.29) is 16.5 Å². The van der Waals surface area contributed by atoms with E-state index in [0.717, 1.165) is 16.9 Å². The SMILES string of the molecule is CC(C)COC(=O)[N+](C)(C)c1ccc2c(c1)CCC(=O)N2. The number of aryl methyl sites for hydroxylation is 1. The molecule has 2 amide bonds. The molecule has 0 saturated heterocycles. The average Bonchev–Trinajstić information content (AvgIpc) is 2.43. The molecule has 0 spiro atoms. The van der Waals surface area contributed by atoms with Gasteiger partial charge in [-0.3, -0.25) is 4.79 Å². The molecule has 1 aliphatic heterocycles. The van der Waals surface area contributed by atoms with Crippen molar-refractivity contribution in [3.05, 3.63) is 23.8 Å². The van der Waals surface area contributed by atoms with Gasteiger partial charge in [0.05, 0.1) is 20.7 Å². The number of quaternary nitrogens is 1. The van der Waals surface area contributed by atoms with E-state index in [1.165, 1.54) is 0 Å². The summed E-state index contributed by atoms with van der Waals surface area (Å²) in [5, 5.41) is 2.85. The molecule has 1 aromatic carbocycles. The summed E-state index contributed by atoms with van der Waals surface area (Å²) < 4.78 is 5.38. The van der Waals surface area contributed by atoms with Crippen LogP contribution in [-0.2, 0) is 16.0 Å². The summed E-state index contributed by atoms with van der Waals surface area (Å²) >= 11 is 0. The monoisotopic (exact) mass is 291 g/mol. The minimum Gasteiger partial charge on any atom is -0.420 e. The van der Waals surface area contributed by atoms with Crippen LogP contribution in [0.3, 0.4) is 0 Å². The number of carbonyl (C=O) groups is 2. The first kappa shape index (κ1) is 15.5. The Labute approximate surface area is 125 Å².